The van der Waals surface area contributed by atoms with Gasteiger partial charge in [-0.15, -0.1) is 0 Å². The monoisotopic (exact) mass is 396 g/mol. The van der Waals surface area contributed by atoms with Crippen LogP contribution in [0.4, 0.5) is 17.3 Å². The second-order valence-electron chi connectivity index (χ2n) is 6.46. The maximum Gasteiger partial charge on any atom is 0.274 e. The number of nitrogens with one attached hydrogen (secondary N) is 2. The third kappa shape index (κ3) is 4.58. The van der Waals surface area contributed by atoms with Crippen molar-refractivity contribution in [3.05, 3.63) is 70.0 Å². The second-order valence-corrected chi connectivity index (χ2v) is 6.87. The number of anilines is 3. The van der Waals surface area contributed by atoms with Crippen LogP contribution >= 0.6 is 11.6 Å². The fraction of sp³-hybridized carbons (Fsp3) is 0.190. The van der Waals surface area contributed by atoms with Crippen molar-refractivity contribution in [2.24, 2.45) is 0 Å². The Morgan fingerprint density at radius 2 is 1.75 bits per heavy atom. The number of nitrogens with zero attached hydrogens (tertiary/aromatic N) is 2. The van der Waals surface area contributed by atoms with Crippen molar-refractivity contribution >= 4 is 34.8 Å². The summed E-state index contributed by atoms with van der Waals surface area (Å²) in [6.07, 6.45) is 0. The number of ether oxygens (including phenoxy) is 1. The van der Waals surface area contributed by atoms with E-state index in [1.807, 2.05) is 44.2 Å². The zero-order valence-corrected chi connectivity index (χ0v) is 16.9. The highest BCUT2D eigenvalue weighted by Crippen LogP contribution is 2.32. The lowest BCUT2D eigenvalue weighted by Crippen LogP contribution is -2.15. The number of rotatable bonds is 5. The van der Waals surface area contributed by atoms with Gasteiger partial charge in [0.25, 0.3) is 5.91 Å². The summed E-state index contributed by atoms with van der Waals surface area (Å²) in [5, 5.41) is 6.56. The Balaban J connectivity index is 1.86. The molecule has 0 fully saturated rings. The molecule has 0 saturated heterocycles. The number of methoxy groups -OCH3 is 1. The number of hydrogen-bond donors (Lipinski definition) is 2. The Kier molecular flexibility index (Phi) is 5.80. The lowest BCUT2D eigenvalue weighted by molar-refractivity contribution is 0.102. The van der Waals surface area contributed by atoms with Gasteiger partial charge < -0.3 is 15.4 Å². The van der Waals surface area contributed by atoms with Gasteiger partial charge in [-0.1, -0.05) is 29.3 Å². The van der Waals surface area contributed by atoms with Gasteiger partial charge in [-0.2, -0.15) is 0 Å². The van der Waals surface area contributed by atoms with E-state index < -0.39 is 0 Å². The van der Waals surface area contributed by atoms with Gasteiger partial charge in [-0.05, 0) is 50.6 Å². The lowest BCUT2D eigenvalue weighted by atomic mass is 10.2. The third-order valence-electron chi connectivity index (χ3n) is 4.12. The van der Waals surface area contributed by atoms with Crippen LogP contribution in [0.5, 0.6) is 5.75 Å². The molecule has 1 amide bonds. The first kappa shape index (κ1) is 19.6. The quantitative estimate of drug-likeness (QED) is 0.630. The smallest absolute Gasteiger partial charge is 0.274 e. The minimum absolute atomic E-state index is 0.264. The molecular formula is C21H21ClN4O2. The molecule has 3 aromatic rings. The fourth-order valence-corrected chi connectivity index (χ4v) is 2.78. The number of carbonyl (C=O) groups excluding carboxylic acids is 1. The first-order valence-electron chi connectivity index (χ1n) is 8.70. The standard InChI is InChI=1S/C21H21ClN4O2/c1-12-5-7-15(8-6-12)24-20(27)18-10-14(3)23-21(26-18)25-17-9-13(2)16(22)11-19(17)28-4/h5-11H,1-4H3,(H,24,27)(H,23,25,26). The van der Waals surface area contributed by atoms with Crippen LogP contribution in [0.2, 0.25) is 5.02 Å². The molecule has 0 radical (unpaired) electrons. The van der Waals surface area contributed by atoms with Crippen LogP contribution in [-0.4, -0.2) is 23.0 Å². The van der Waals surface area contributed by atoms with Crippen LogP contribution in [0, 0.1) is 20.8 Å². The van der Waals surface area contributed by atoms with Gasteiger partial charge in [0.1, 0.15) is 11.4 Å². The normalized spacial score (nSPS) is 10.5. The van der Waals surface area contributed by atoms with E-state index in [2.05, 4.69) is 20.6 Å². The molecule has 0 saturated carbocycles. The summed E-state index contributed by atoms with van der Waals surface area (Å²) >= 11 is 6.15. The van der Waals surface area contributed by atoms with Gasteiger partial charge in [0, 0.05) is 22.5 Å². The van der Waals surface area contributed by atoms with Crippen LogP contribution in [0.15, 0.2) is 42.5 Å². The Labute approximate surface area is 168 Å². The predicted octanol–water partition coefficient (Wildman–Crippen LogP) is 5.06. The van der Waals surface area contributed by atoms with E-state index >= 15 is 0 Å². The van der Waals surface area contributed by atoms with Gasteiger partial charge in [0.05, 0.1) is 12.8 Å². The van der Waals surface area contributed by atoms with Crippen LogP contribution in [-0.2, 0) is 0 Å². The number of hydrogen-bond acceptors (Lipinski definition) is 5. The van der Waals surface area contributed by atoms with E-state index in [1.165, 1.54) is 0 Å². The summed E-state index contributed by atoms with van der Waals surface area (Å²) in [5.74, 6) is 0.553. The van der Waals surface area contributed by atoms with Crippen molar-refractivity contribution in [1.82, 2.24) is 9.97 Å². The molecule has 1 aromatic heterocycles. The summed E-state index contributed by atoms with van der Waals surface area (Å²) < 4.78 is 5.37. The van der Waals surface area contributed by atoms with Crippen molar-refractivity contribution in [2.45, 2.75) is 20.8 Å². The molecule has 0 bridgehead atoms. The maximum absolute atomic E-state index is 12.6. The molecule has 6 nitrogen and oxygen atoms in total. The van der Waals surface area contributed by atoms with Crippen molar-refractivity contribution < 1.29 is 9.53 Å². The van der Waals surface area contributed by atoms with Gasteiger partial charge in [0.15, 0.2) is 0 Å². The van der Waals surface area contributed by atoms with Crippen molar-refractivity contribution in [1.29, 1.82) is 0 Å². The molecule has 0 spiro atoms. The summed E-state index contributed by atoms with van der Waals surface area (Å²) in [6, 6.07) is 12.8. The van der Waals surface area contributed by atoms with E-state index in [9.17, 15) is 4.79 Å². The molecule has 0 aliphatic rings. The number of halogens is 1. The zero-order chi connectivity index (χ0) is 20.3. The largest absolute Gasteiger partial charge is 0.495 e. The minimum Gasteiger partial charge on any atom is -0.495 e. The Bertz CT molecular complexity index is 1020. The molecule has 144 valence electrons. The Morgan fingerprint density at radius 3 is 2.43 bits per heavy atom. The Hall–Kier alpha value is -3.12. The highest BCUT2D eigenvalue weighted by atomic mass is 35.5. The number of aryl methyl sites for hydroxylation is 3. The van der Waals surface area contributed by atoms with Crippen LogP contribution < -0.4 is 15.4 Å². The molecule has 0 atom stereocenters. The van der Waals surface area contributed by atoms with E-state index in [0.717, 1.165) is 11.1 Å². The summed E-state index contributed by atoms with van der Waals surface area (Å²) in [6.45, 7) is 5.69. The first-order chi connectivity index (χ1) is 13.4. The lowest BCUT2D eigenvalue weighted by Gasteiger charge is -2.13. The van der Waals surface area contributed by atoms with Crippen LogP contribution in [0.25, 0.3) is 0 Å². The predicted molar refractivity (Wildman–Crippen MR) is 112 cm³/mol. The Morgan fingerprint density at radius 1 is 1.04 bits per heavy atom. The maximum atomic E-state index is 12.6. The number of amides is 1. The molecule has 1 heterocycles. The number of aromatic nitrogens is 2. The zero-order valence-electron chi connectivity index (χ0n) is 16.1. The molecule has 7 heteroatoms. The van der Waals surface area contributed by atoms with Gasteiger partial charge >= 0.3 is 0 Å². The topological polar surface area (TPSA) is 76.1 Å². The third-order valence-corrected chi connectivity index (χ3v) is 4.53. The summed E-state index contributed by atoms with van der Waals surface area (Å²) in [4.78, 5) is 21.3. The molecule has 28 heavy (non-hydrogen) atoms. The number of benzene rings is 2. The molecule has 2 aromatic carbocycles. The molecule has 3 rings (SSSR count). The average molecular weight is 397 g/mol. The van der Waals surface area contributed by atoms with E-state index in [4.69, 9.17) is 16.3 Å². The number of carbonyl (C=O) groups is 1. The highest BCUT2D eigenvalue weighted by Gasteiger charge is 2.13. The minimum atomic E-state index is -0.309. The van der Waals surface area contributed by atoms with Gasteiger partial charge in [-0.3, -0.25) is 4.79 Å². The van der Waals surface area contributed by atoms with E-state index in [-0.39, 0.29) is 11.6 Å². The van der Waals surface area contributed by atoms with Gasteiger partial charge in [-0.25, -0.2) is 9.97 Å². The van der Waals surface area contributed by atoms with E-state index in [1.54, 1.807) is 26.2 Å². The molecular weight excluding hydrogens is 376 g/mol. The summed E-state index contributed by atoms with van der Waals surface area (Å²) in [7, 11) is 1.56. The second kappa shape index (κ2) is 8.27. The van der Waals surface area contributed by atoms with Crippen molar-refractivity contribution in [3.63, 3.8) is 0 Å². The molecule has 2 N–H and O–H groups in total. The molecule has 0 aliphatic heterocycles. The molecule has 0 unspecified atom stereocenters. The first-order valence-corrected chi connectivity index (χ1v) is 9.08. The molecule has 0 aliphatic carbocycles. The average Bonchev–Trinajstić information content (AvgIpc) is 2.66. The highest BCUT2D eigenvalue weighted by molar-refractivity contribution is 6.31. The SMILES string of the molecule is COc1cc(Cl)c(C)cc1Nc1nc(C)cc(C(=O)Nc2ccc(C)cc2)n1. The fourth-order valence-electron chi connectivity index (χ4n) is 2.62. The van der Waals surface area contributed by atoms with Crippen molar-refractivity contribution in [2.75, 3.05) is 17.7 Å². The summed E-state index contributed by atoms with van der Waals surface area (Å²) in [5.41, 5.74) is 4.30. The van der Waals surface area contributed by atoms with Crippen LogP contribution in [0.1, 0.15) is 27.3 Å². The van der Waals surface area contributed by atoms with Crippen molar-refractivity contribution in [3.8, 4) is 5.75 Å². The van der Waals surface area contributed by atoms with E-state index in [0.29, 0.717) is 33.8 Å². The van der Waals surface area contributed by atoms with Gasteiger partial charge in [0.2, 0.25) is 5.95 Å². The van der Waals surface area contributed by atoms with Crippen LogP contribution in [0.3, 0.4) is 0 Å².